The molecule has 1 heterocycles. The molecule has 0 saturated carbocycles. The molecule has 1 aromatic heterocycles. The van der Waals surface area contributed by atoms with Crippen molar-refractivity contribution in [2.24, 2.45) is 0 Å². The van der Waals surface area contributed by atoms with Gasteiger partial charge in [-0.15, -0.1) is 0 Å². The summed E-state index contributed by atoms with van der Waals surface area (Å²) in [4.78, 5) is 17.6. The van der Waals surface area contributed by atoms with Gasteiger partial charge in [-0.05, 0) is 26.8 Å². The maximum atomic E-state index is 11.4. The van der Waals surface area contributed by atoms with Crippen LogP contribution in [0.4, 0.5) is 5.82 Å². The van der Waals surface area contributed by atoms with Crippen LogP contribution >= 0.6 is 0 Å². The van der Waals surface area contributed by atoms with E-state index in [-0.39, 0.29) is 18.6 Å². The Hall–Kier alpha value is -1.78. The molecule has 18 heavy (non-hydrogen) atoms. The molecule has 0 unspecified atom stereocenters. The SMILES string of the molecule is CCOc1cccc(N(CC(=O)OC)C(C)C)n1. The van der Waals surface area contributed by atoms with E-state index < -0.39 is 0 Å². The van der Waals surface area contributed by atoms with E-state index >= 15 is 0 Å². The summed E-state index contributed by atoms with van der Waals surface area (Å²) >= 11 is 0. The Morgan fingerprint density at radius 2 is 2.17 bits per heavy atom. The lowest BCUT2D eigenvalue weighted by Crippen LogP contribution is -2.36. The molecule has 0 aliphatic heterocycles. The summed E-state index contributed by atoms with van der Waals surface area (Å²) in [6.07, 6.45) is 0. The lowest BCUT2D eigenvalue weighted by atomic mass is 10.3. The van der Waals surface area contributed by atoms with Gasteiger partial charge >= 0.3 is 5.97 Å². The predicted octanol–water partition coefficient (Wildman–Crippen LogP) is 1.87. The fourth-order valence-corrected chi connectivity index (χ4v) is 1.52. The zero-order valence-corrected chi connectivity index (χ0v) is 11.3. The zero-order valence-electron chi connectivity index (χ0n) is 11.3. The summed E-state index contributed by atoms with van der Waals surface area (Å²) < 4.78 is 10.0. The largest absolute Gasteiger partial charge is 0.478 e. The molecule has 0 aliphatic carbocycles. The van der Waals surface area contributed by atoms with E-state index in [0.29, 0.717) is 18.3 Å². The highest BCUT2D eigenvalue weighted by molar-refractivity contribution is 5.75. The molecule has 0 spiro atoms. The highest BCUT2D eigenvalue weighted by atomic mass is 16.5. The molecule has 0 radical (unpaired) electrons. The molecular formula is C13H20N2O3. The van der Waals surface area contributed by atoms with Crippen molar-refractivity contribution in [2.75, 3.05) is 25.2 Å². The van der Waals surface area contributed by atoms with E-state index in [1.807, 2.05) is 37.8 Å². The van der Waals surface area contributed by atoms with Gasteiger partial charge in [-0.2, -0.15) is 4.98 Å². The number of ether oxygens (including phenoxy) is 2. The molecule has 0 fully saturated rings. The lowest BCUT2D eigenvalue weighted by Gasteiger charge is -2.26. The first kappa shape index (κ1) is 14.3. The smallest absolute Gasteiger partial charge is 0.325 e. The molecule has 0 N–H and O–H groups in total. The molecule has 5 heteroatoms. The number of hydrogen-bond acceptors (Lipinski definition) is 5. The van der Waals surface area contributed by atoms with Gasteiger partial charge in [0.05, 0.1) is 13.7 Å². The van der Waals surface area contributed by atoms with Gasteiger partial charge in [-0.3, -0.25) is 4.79 Å². The molecule has 1 aromatic rings. The van der Waals surface area contributed by atoms with Crippen LogP contribution in [-0.4, -0.2) is 37.3 Å². The second-order valence-corrected chi connectivity index (χ2v) is 4.06. The fourth-order valence-electron chi connectivity index (χ4n) is 1.52. The first-order chi connectivity index (χ1) is 8.58. The molecule has 0 saturated heterocycles. The summed E-state index contributed by atoms with van der Waals surface area (Å²) in [5, 5.41) is 0. The molecule has 0 bridgehead atoms. The van der Waals surface area contributed by atoms with Gasteiger partial charge in [0.1, 0.15) is 12.4 Å². The van der Waals surface area contributed by atoms with Crippen LogP contribution in [0, 0.1) is 0 Å². The van der Waals surface area contributed by atoms with Gasteiger partial charge in [0.25, 0.3) is 0 Å². The van der Waals surface area contributed by atoms with E-state index in [1.165, 1.54) is 7.11 Å². The number of hydrogen-bond donors (Lipinski definition) is 0. The average Bonchev–Trinajstić information content (AvgIpc) is 2.36. The van der Waals surface area contributed by atoms with E-state index in [0.717, 1.165) is 0 Å². The highest BCUT2D eigenvalue weighted by Crippen LogP contribution is 2.18. The van der Waals surface area contributed by atoms with Crippen LogP contribution in [0.5, 0.6) is 5.88 Å². The van der Waals surface area contributed by atoms with Crippen molar-refractivity contribution < 1.29 is 14.3 Å². The standard InChI is InChI=1S/C13H20N2O3/c1-5-18-12-8-6-7-11(14-12)15(10(2)3)9-13(16)17-4/h6-8,10H,5,9H2,1-4H3. The van der Waals surface area contributed by atoms with Crippen molar-refractivity contribution >= 4 is 11.8 Å². The van der Waals surface area contributed by atoms with Gasteiger partial charge in [0, 0.05) is 12.1 Å². The number of methoxy groups -OCH3 is 1. The first-order valence-corrected chi connectivity index (χ1v) is 6.01. The monoisotopic (exact) mass is 252 g/mol. The zero-order chi connectivity index (χ0) is 13.5. The molecule has 0 aromatic carbocycles. The molecule has 100 valence electrons. The van der Waals surface area contributed by atoms with Gasteiger partial charge in [-0.1, -0.05) is 6.07 Å². The molecule has 0 aliphatic rings. The Morgan fingerprint density at radius 1 is 1.44 bits per heavy atom. The number of carbonyl (C=O) groups is 1. The third-order valence-electron chi connectivity index (χ3n) is 2.45. The molecule has 0 amide bonds. The van der Waals surface area contributed by atoms with Gasteiger partial charge in [0.2, 0.25) is 5.88 Å². The van der Waals surface area contributed by atoms with Gasteiger partial charge in [0.15, 0.2) is 0 Å². The van der Waals surface area contributed by atoms with Crippen LogP contribution in [0.1, 0.15) is 20.8 Å². The maximum Gasteiger partial charge on any atom is 0.325 e. The Balaban J connectivity index is 2.91. The van der Waals surface area contributed by atoms with Crippen molar-refractivity contribution in [1.82, 2.24) is 4.98 Å². The summed E-state index contributed by atoms with van der Waals surface area (Å²) in [5.41, 5.74) is 0. The van der Waals surface area contributed by atoms with Crippen molar-refractivity contribution in [1.29, 1.82) is 0 Å². The Kier molecular flexibility index (Phi) is 5.42. The average molecular weight is 252 g/mol. The third kappa shape index (κ3) is 3.91. The minimum Gasteiger partial charge on any atom is -0.478 e. The number of rotatable bonds is 6. The number of carbonyl (C=O) groups excluding carboxylic acids is 1. The Morgan fingerprint density at radius 3 is 2.72 bits per heavy atom. The van der Waals surface area contributed by atoms with Crippen molar-refractivity contribution in [3.05, 3.63) is 18.2 Å². The van der Waals surface area contributed by atoms with Crippen LogP contribution in [0.15, 0.2) is 18.2 Å². The van der Waals surface area contributed by atoms with Crippen LogP contribution in [-0.2, 0) is 9.53 Å². The summed E-state index contributed by atoms with van der Waals surface area (Å²) in [7, 11) is 1.38. The number of pyridine rings is 1. The predicted molar refractivity (Wildman–Crippen MR) is 69.9 cm³/mol. The van der Waals surface area contributed by atoms with E-state index in [9.17, 15) is 4.79 Å². The van der Waals surface area contributed by atoms with Gasteiger partial charge in [-0.25, -0.2) is 0 Å². The molecule has 1 rings (SSSR count). The third-order valence-corrected chi connectivity index (χ3v) is 2.45. The van der Waals surface area contributed by atoms with Crippen molar-refractivity contribution in [3.8, 4) is 5.88 Å². The second kappa shape index (κ2) is 6.83. The van der Waals surface area contributed by atoms with Crippen LogP contribution in [0.3, 0.4) is 0 Å². The van der Waals surface area contributed by atoms with E-state index in [4.69, 9.17) is 9.47 Å². The number of nitrogens with zero attached hydrogens (tertiary/aromatic N) is 2. The normalized spacial score (nSPS) is 10.3. The molecular weight excluding hydrogens is 232 g/mol. The summed E-state index contributed by atoms with van der Waals surface area (Å²) in [5.74, 6) is 0.985. The first-order valence-electron chi connectivity index (χ1n) is 6.01. The fraction of sp³-hybridized carbons (Fsp3) is 0.538. The van der Waals surface area contributed by atoms with E-state index in [2.05, 4.69) is 4.98 Å². The van der Waals surface area contributed by atoms with Gasteiger partial charge < -0.3 is 14.4 Å². The van der Waals surface area contributed by atoms with Crippen LogP contribution < -0.4 is 9.64 Å². The highest BCUT2D eigenvalue weighted by Gasteiger charge is 2.16. The lowest BCUT2D eigenvalue weighted by molar-refractivity contribution is -0.139. The number of esters is 1. The summed E-state index contributed by atoms with van der Waals surface area (Å²) in [6.45, 7) is 6.64. The van der Waals surface area contributed by atoms with Crippen molar-refractivity contribution in [2.45, 2.75) is 26.8 Å². The molecule has 0 atom stereocenters. The summed E-state index contributed by atoms with van der Waals surface area (Å²) in [6, 6.07) is 5.66. The molecule has 5 nitrogen and oxygen atoms in total. The second-order valence-electron chi connectivity index (χ2n) is 4.06. The maximum absolute atomic E-state index is 11.4. The van der Waals surface area contributed by atoms with Crippen LogP contribution in [0.25, 0.3) is 0 Å². The minimum atomic E-state index is -0.285. The Labute approximate surface area is 108 Å². The Bertz CT molecular complexity index is 394. The van der Waals surface area contributed by atoms with Crippen molar-refractivity contribution in [3.63, 3.8) is 0 Å². The topological polar surface area (TPSA) is 51.7 Å². The van der Waals surface area contributed by atoms with Crippen LogP contribution in [0.2, 0.25) is 0 Å². The number of aromatic nitrogens is 1. The number of anilines is 1. The minimum absolute atomic E-state index is 0.147. The quantitative estimate of drug-likeness (QED) is 0.723. The van der Waals surface area contributed by atoms with E-state index in [1.54, 1.807) is 6.07 Å².